The number of thiocarbonyl (C=S) groups is 1. The molecule has 2 aromatic carbocycles. The SMILES string of the molecule is CSC(=S)Nc1ccc(OCc2nc3ccccc3s2)cc1. The van der Waals surface area contributed by atoms with E-state index >= 15 is 0 Å². The molecule has 3 rings (SSSR count). The van der Waals surface area contributed by atoms with Gasteiger partial charge in [0.05, 0.1) is 10.2 Å². The van der Waals surface area contributed by atoms with E-state index in [1.807, 2.05) is 48.7 Å². The van der Waals surface area contributed by atoms with E-state index in [4.69, 9.17) is 17.0 Å². The molecule has 1 aromatic heterocycles. The van der Waals surface area contributed by atoms with Crippen LogP contribution in [-0.2, 0) is 6.61 Å². The number of para-hydroxylation sites is 1. The molecular weight excluding hydrogens is 332 g/mol. The molecule has 0 saturated heterocycles. The van der Waals surface area contributed by atoms with Crippen molar-refractivity contribution in [1.29, 1.82) is 0 Å². The molecule has 0 spiro atoms. The molecule has 0 aliphatic heterocycles. The van der Waals surface area contributed by atoms with Gasteiger partial charge in [-0.05, 0) is 42.7 Å². The Balaban J connectivity index is 1.62. The molecule has 0 aliphatic carbocycles. The van der Waals surface area contributed by atoms with Crippen LogP contribution in [0, 0.1) is 0 Å². The number of nitrogens with one attached hydrogen (secondary N) is 1. The number of thioether (sulfide) groups is 1. The quantitative estimate of drug-likeness (QED) is 0.677. The zero-order chi connectivity index (χ0) is 15.4. The lowest BCUT2D eigenvalue weighted by Gasteiger charge is -2.07. The molecule has 3 nitrogen and oxygen atoms in total. The molecule has 0 aliphatic rings. The van der Waals surface area contributed by atoms with E-state index in [1.54, 1.807) is 11.3 Å². The summed E-state index contributed by atoms with van der Waals surface area (Å²) in [6.07, 6.45) is 1.95. The molecule has 0 radical (unpaired) electrons. The molecule has 0 amide bonds. The summed E-state index contributed by atoms with van der Waals surface area (Å²) in [6, 6.07) is 15.9. The minimum Gasteiger partial charge on any atom is -0.486 e. The van der Waals surface area contributed by atoms with Crippen LogP contribution >= 0.6 is 35.3 Å². The van der Waals surface area contributed by atoms with Crippen LogP contribution in [0.3, 0.4) is 0 Å². The first kappa shape index (κ1) is 15.3. The predicted molar refractivity (Wildman–Crippen MR) is 100 cm³/mol. The number of hydrogen-bond donors (Lipinski definition) is 1. The highest BCUT2D eigenvalue weighted by molar-refractivity contribution is 8.22. The fraction of sp³-hybridized carbons (Fsp3) is 0.125. The molecule has 6 heteroatoms. The summed E-state index contributed by atoms with van der Waals surface area (Å²) in [5, 5.41) is 4.12. The Labute approximate surface area is 142 Å². The molecule has 0 saturated carbocycles. The maximum Gasteiger partial charge on any atom is 0.140 e. The van der Waals surface area contributed by atoms with Crippen LogP contribution in [-0.4, -0.2) is 15.6 Å². The fourth-order valence-electron chi connectivity index (χ4n) is 1.93. The maximum atomic E-state index is 5.79. The largest absolute Gasteiger partial charge is 0.486 e. The summed E-state index contributed by atoms with van der Waals surface area (Å²) in [5.41, 5.74) is 1.99. The van der Waals surface area contributed by atoms with Gasteiger partial charge in [0.15, 0.2) is 0 Å². The summed E-state index contributed by atoms with van der Waals surface area (Å²) < 4.78 is 7.73. The number of fused-ring (bicyclic) bond motifs is 1. The van der Waals surface area contributed by atoms with Crippen LogP contribution in [0.2, 0.25) is 0 Å². The average Bonchev–Trinajstić information content (AvgIpc) is 2.97. The van der Waals surface area contributed by atoms with Gasteiger partial charge in [-0.15, -0.1) is 23.1 Å². The summed E-state index contributed by atoms with van der Waals surface area (Å²) in [6.45, 7) is 0.481. The monoisotopic (exact) mass is 346 g/mol. The number of hydrogen-bond acceptors (Lipinski definition) is 5. The normalized spacial score (nSPS) is 10.6. The summed E-state index contributed by atoms with van der Waals surface area (Å²) in [5.74, 6) is 0.819. The lowest BCUT2D eigenvalue weighted by atomic mass is 10.3. The number of anilines is 1. The highest BCUT2D eigenvalue weighted by atomic mass is 32.2. The number of ether oxygens (including phenoxy) is 1. The van der Waals surface area contributed by atoms with Gasteiger partial charge in [0.25, 0.3) is 0 Å². The number of aromatic nitrogens is 1. The summed E-state index contributed by atoms with van der Waals surface area (Å²) in [4.78, 5) is 4.56. The number of rotatable bonds is 4. The summed E-state index contributed by atoms with van der Waals surface area (Å²) in [7, 11) is 0. The minimum atomic E-state index is 0.481. The van der Waals surface area contributed by atoms with Gasteiger partial charge in [-0.1, -0.05) is 24.4 Å². The van der Waals surface area contributed by atoms with Crippen molar-refractivity contribution in [3.63, 3.8) is 0 Å². The van der Waals surface area contributed by atoms with E-state index in [-0.39, 0.29) is 0 Å². The van der Waals surface area contributed by atoms with Gasteiger partial charge in [-0.25, -0.2) is 4.98 Å². The predicted octanol–water partition coefficient (Wildman–Crippen LogP) is 4.94. The Bertz CT molecular complexity index is 750. The smallest absolute Gasteiger partial charge is 0.140 e. The van der Waals surface area contributed by atoms with Crippen molar-refractivity contribution in [3.05, 3.63) is 53.5 Å². The Morgan fingerprint density at radius 2 is 2.00 bits per heavy atom. The van der Waals surface area contributed by atoms with Crippen LogP contribution in [0.25, 0.3) is 10.2 Å². The van der Waals surface area contributed by atoms with Gasteiger partial charge in [0.2, 0.25) is 0 Å². The van der Waals surface area contributed by atoms with Crippen LogP contribution in [0.4, 0.5) is 5.69 Å². The molecule has 1 N–H and O–H groups in total. The van der Waals surface area contributed by atoms with Crippen molar-refractivity contribution in [2.24, 2.45) is 0 Å². The molecule has 0 bridgehead atoms. The lowest BCUT2D eigenvalue weighted by molar-refractivity contribution is 0.306. The second-order valence-corrected chi connectivity index (χ2v) is 7.10. The number of nitrogens with zero attached hydrogens (tertiary/aromatic N) is 1. The first-order valence-electron chi connectivity index (χ1n) is 6.67. The second-order valence-electron chi connectivity index (χ2n) is 4.50. The van der Waals surface area contributed by atoms with Crippen molar-refractivity contribution in [2.75, 3.05) is 11.6 Å². The van der Waals surface area contributed by atoms with Crippen molar-refractivity contribution in [3.8, 4) is 5.75 Å². The Morgan fingerprint density at radius 3 is 2.73 bits per heavy atom. The molecule has 3 aromatic rings. The van der Waals surface area contributed by atoms with E-state index in [1.165, 1.54) is 16.5 Å². The van der Waals surface area contributed by atoms with E-state index in [0.717, 1.165) is 26.3 Å². The second kappa shape index (κ2) is 7.09. The van der Waals surface area contributed by atoms with E-state index in [2.05, 4.69) is 16.4 Å². The highest BCUT2D eigenvalue weighted by Gasteiger charge is 2.04. The van der Waals surface area contributed by atoms with Gasteiger partial charge < -0.3 is 10.1 Å². The van der Waals surface area contributed by atoms with Crippen molar-refractivity contribution >= 4 is 55.5 Å². The molecule has 22 heavy (non-hydrogen) atoms. The third kappa shape index (κ3) is 3.76. The Morgan fingerprint density at radius 1 is 1.23 bits per heavy atom. The van der Waals surface area contributed by atoms with E-state index in [9.17, 15) is 0 Å². The number of thiazole rings is 1. The zero-order valence-corrected chi connectivity index (χ0v) is 14.4. The molecule has 0 unspecified atom stereocenters. The molecule has 0 fully saturated rings. The van der Waals surface area contributed by atoms with Gasteiger partial charge in [-0.3, -0.25) is 0 Å². The van der Waals surface area contributed by atoms with E-state index in [0.29, 0.717) is 6.61 Å². The van der Waals surface area contributed by atoms with Gasteiger partial charge in [0.1, 0.15) is 21.7 Å². The highest BCUT2D eigenvalue weighted by Crippen LogP contribution is 2.23. The van der Waals surface area contributed by atoms with Crippen molar-refractivity contribution < 1.29 is 4.74 Å². The topological polar surface area (TPSA) is 34.1 Å². The summed E-state index contributed by atoms with van der Waals surface area (Å²) >= 11 is 8.31. The van der Waals surface area contributed by atoms with Gasteiger partial charge in [0, 0.05) is 5.69 Å². The van der Waals surface area contributed by atoms with Crippen LogP contribution in [0.5, 0.6) is 5.75 Å². The first-order chi connectivity index (χ1) is 10.7. The Hall–Kier alpha value is -1.63. The molecule has 0 atom stereocenters. The molecular formula is C16H14N2OS3. The standard InChI is InChI=1S/C16H14N2OS3/c1-21-16(20)17-11-6-8-12(9-7-11)19-10-15-18-13-4-2-3-5-14(13)22-15/h2-9H,10H2,1H3,(H,17,20). The average molecular weight is 347 g/mol. The van der Waals surface area contributed by atoms with Crippen molar-refractivity contribution in [1.82, 2.24) is 4.98 Å². The molecule has 112 valence electrons. The van der Waals surface area contributed by atoms with E-state index < -0.39 is 0 Å². The lowest BCUT2D eigenvalue weighted by Crippen LogP contribution is -2.03. The Kier molecular flexibility index (Phi) is 4.92. The number of benzene rings is 2. The zero-order valence-electron chi connectivity index (χ0n) is 11.9. The van der Waals surface area contributed by atoms with Gasteiger partial charge >= 0.3 is 0 Å². The molecule has 1 heterocycles. The van der Waals surface area contributed by atoms with Crippen LogP contribution < -0.4 is 10.1 Å². The van der Waals surface area contributed by atoms with Crippen LogP contribution in [0.1, 0.15) is 5.01 Å². The third-order valence-electron chi connectivity index (χ3n) is 2.99. The minimum absolute atomic E-state index is 0.481. The van der Waals surface area contributed by atoms with Gasteiger partial charge in [-0.2, -0.15) is 0 Å². The van der Waals surface area contributed by atoms with Crippen LogP contribution in [0.15, 0.2) is 48.5 Å². The third-order valence-corrected chi connectivity index (χ3v) is 5.07. The van der Waals surface area contributed by atoms with Crippen molar-refractivity contribution in [2.45, 2.75) is 6.61 Å². The maximum absolute atomic E-state index is 5.79. The first-order valence-corrected chi connectivity index (χ1v) is 9.12. The fourth-order valence-corrected chi connectivity index (χ4v) is 3.15.